The number of benzene rings is 1. The van der Waals surface area contributed by atoms with E-state index in [0.29, 0.717) is 6.54 Å². The van der Waals surface area contributed by atoms with E-state index in [4.69, 9.17) is 0 Å². The number of imidazole rings is 1. The molecule has 80 valence electrons. The van der Waals surface area contributed by atoms with Crippen molar-refractivity contribution in [1.29, 1.82) is 0 Å². The first-order chi connectivity index (χ1) is 7.77. The van der Waals surface area contributed by atoms with E-state index >= 15 is 0 Å². The number of rotatable bonds is 1. The number of para-hydroxylation sites is 1. The van der Waals surface area contributed by atoms with Crippen LogP contribution in [-0.2, 0) is 4.79 Å². The summed E-state index contributed by atoms with van der Waals surface area (Å²) in [6.07, 6.45) is 1.64. The van der Waals surface area contributed by atoms with Gasteiger partial charge in [0.05, 0.1) is 24.0 Å². The van der Waals surface area contributed by atoms with E-state index in [1.165, 1.54) is 6.92 Å². The molecule has 0 bridgehead atoms. The number of aromatic nitrogens is 2. The molecule has 0 aliphatic rings. The van der Waals surface area contributed by atoms with Crippen LogP contribution in [0.1, 0.15) is 12.5 Å². The number of hydrogen-bond acceptors (Lipinski definition) is 2. The maximum atomic E-state index is 10.6. The highest BCUT2D eigenvalue weighted by atomic mass is 16.1. The van der Waals surface area contributed by atoms with Gasteiger partial charge in [-0.05, 0) is 12.1 Å². The van der Waals surface area contributed by atoms with E-state index in [-0.39, 0.29) is 5.91 Å². The van der Waals surface area contributed by atoms with Gasteiger partial charge in [-0.3, -0.25) is 4.79 Å². The summed E-state index contributed by atoms with van der Waals surface area (Å²) < 4.78 is 0. The van der Waals surface area contributed by atoms with E-state index in [2.05, 4.69) is 27.1 Å². The lowest BCUT2D eigenvalue weighted by Gasteiger charge is -1.93. The van der Waals surface area contributed by atoms with Crippen molar-refractivity contribution in [3.63, 3.8) is 0 Å². The summed E-state index contributed by atoms with van der Waals surface area (Å²) in [5, 5.41) is 2.62. The van der Waals surface area contributed by atoms with Gasteiger partial charge in [-0.1, -0.05) is 17.9 Å². The van der Waals surface area contributed by atoms with E-state index < -0.39 is 0 Å². The van der Waals surface area contributed by atoms with E-state index in [1.54, 1.807) is 6.33 Å². The minimum atomic E-state index is -0.0766. The molecule has 0 fully saturated rings. The molecule has 16 heavy (non-hydrogen) atoms. The Balaban J connectivity index is 2.20. The molecule has 0 saturated heterocycles. The average Bonchev–Trinajstić information content (AvgIpc) is 2.72. The van der Waals surface area contributed by atoms with Gasteiger partial charge in [0.2, 0.25) is 5.91 Å². The number of carbonyl (C=O) groups is 1. The SMILES string of the molecule is CC(=O)NCC#Cc1cccc2[nH]cnc12. The van der Waals surface area contributed by atoms with Crippen LogP contribution >= 0.6 is 0 Å². The van der Waals surface area contributed by atoms with Crippen LogP contribution in [0.3, 0.4) is 0 Å². The molecule has 1 amide bonds. The number of H-pyrrole nitrogens is 1. The molecule has 2 aromatic rings. The summed E-state index contributed by atoms with van der Waals surface area (Å²) in [6, 6.07) is 5.77. The Labute approximate surface area is 93.1 Å². The molecule has 0 radical (unpaired) electrons. The summed E-state index contributed by atoms with van der Waals surface area (Å²) in [5.41, 5.74) is 2.69. The normalized spacial score (nSPS) is 9.56. The molecule has 4 heteroatoms. The Morgan fingerprint density at radius 3 is 3.25 bits per heavy atom. The van der Waals surface area contributed by atoms with Crippen molar-refractivity contribution in [3.05, 3.63) is 30.1 Å². The van der Waals surface area contributed by atoms with E-state index in [9.17, 15) is 4.79 Å². The van der Waals surface area contributed by atoms with Crippen LogP contribution in [0.4, 0.5) is 0 Å². The van der Waals surface area contributed by atoms with E-state index in [1.807, 2.05) is 18.2 Å². The van der Waals surface area contributed by atoms with Gasteiger partial charge in [0, 0.05) is 6.92 Å². The molecule has 0 unspecified atom stereocenters. The molecular weight excluding hydrogens is 202 g/mol. The van der Waals surface area contributed by atoms with Crippen LogP contribution in [0.15, 0.2) is 24.5 Å². The summed E-state index contributed by atoms with van der Waals surface area (Å²) in [4.78, 5) is 17.8. The van der Waals surface area contributed by atoms with Gasteiger partial charge in [-0.25, -0.2) is 4.98 Å². The third-order valence-electron chi connectivity index (χ3n) is 2.10. The third kappa shape index (κ3) is 2.20. The van der Waals surface area contributed by atoms with Crippen molar-refractivity contribution in [3.8, 4) is 11.8 Å². The Hall–Kier alpha value is -2.28. The van der Waals surface area contributed by atoms with Crippen molar-refractivity contribution < 1.29 is 4.79 Å². The predicted molar refractivity (Wildman–Crippen MR) is 61.7 cm³/mol. The molecular formula is C12H11N3O. The van der Waals surface area contributed by atoms with Crippen LogP contribution in [0, 0.1) is 11.8 Å². The molecule has 2 N–H and O–H groups in total. The highest BCUT2D eigenvalue weighted by Gasteiger charge is 1.98. The summed E-state index contributed by atoms with van der Waals surface area (Å²) in [7, 11) is 0. The van der Waals surface area contributed by atoms with Crippen LogP contribution in [0.2, 0.25) is 0 Å². The third-order valence-corrected chi connectivity index (χ3v) is 2.10. The first-order valence-electron chi connectivity index (χ1n) is 4.93. The maximum Gasteiger partial charge on any atom is 0.217 e. The molecule has 1 heterocycles. The van der Waals surface area contributed by atoms with Crippen molar-refractivity contribution in [2.24, 2.45) is 0 Å². The number of aromatic amines is 1. The van der Waals surface area contributed by atoms with Crippen molar-refractivity contribution in [1.82, 2.24) is 15.3 Å². The minimum Gasteiger partial charge on any atom is -0.345 e. The first-order valence-corrected chi connectivity index (χ1v) is 4.93. The lowest BCUT2D eigenvalue weighted by molar-refractivity contribution is -0.118. The van der Waals surface area contributed by atoms with Crippen molar-refractivity contribution in [2.75, 3.05) is 6.54 Å². The van der Waals surface area contributed by atoms with Gasteiger partial charge in [-0.15, -0.1) is 0 Å². The van der Waals surface area contributed by atoms with Gasteiger partial charge < -0.3 is 10.3 Å². The maximum absolute atomic E-state index is 10.6. The number of carbonyl (C=O) groups excluding carboxylic acids is 1. The largest absolute Gasteiger partial charge is 0.345 e. The fourth-order valence-electron chi connectivity index (χ4n) is 1.37. The molecule has 1 aromatic carbocycles. The zero-order valence-electron chi connectivity index (χ0n) is 8.87. The van der Waals surface area contributed by atoms with Gasteiger partial charge in [0.25, 0.3) is 0 Å². The monoisotopic (exact) mass is 213 g/mol. The molecule has 0 spiro atoms. The molecule has 4 nitrogen and oxygen atoms in total. The molecule has 0 aliphatic heterocycles. The minimum absolute atomic E-state index is 0.0766. The molecule has 0 saturated carbocycles. The second-order valence-corrected chi connectivity index (χ2v) is 3.32. The number of amides is 1. The molecule has 0 aliphatic carbocycles. The summed E-state index contributed by atoms with van der Waals surface area (Å²) in [5.74, 6) is 5.78. The van der Waals surface area contributed by atoms with Crippen molar-refractivity contribution >= 4 is 16.9 Å². The van der Waals surface area contributed by atoms with Crippen LogP contribution in [0.25, 0.3) is 11.0 Å². The van der Waals surface area contributed by atoms with Crippen LogP contribution < -0.4 is 5.32 Å². The smallest absolute Gasteiger partial charge is 0.217 e. The molecule has 0 atom stereocenters. The average molecular weight is 213 g/mol. The zero-order chi connectivity index (χ0) is 11.4. The standard InChI is InChI=1S/C12H11N3O/c1-9(16)13-7-3-5-10-4-2-6-11-12(10)15-8-14-11/h2,4,6,8H,7H2,1H3,(H,13,16)(H,14,15). The number of fused-ring (bicyclic) bond motifs is 1. The lowest BCUT2D eigenvalue weighted by Crippen LogP contribution is -2.19. The Morgan fingerprint density at radius 1 is 1.56 bits per heavy atom. The second-order valence-electron chi connectivity index (χ2n) is 3.32. The number of nitrogens with one attached hydrogen (secondary N) is 2. The first kappa shape index (κ1) is 10.2. The van der Waals surface area contributed by atoms with Crippen LogP contribution in [0.5, 0.6) is 0 Å². The highest BCUT2D eigenvalue weighted by molar-refractivity contribution is 5.81. The Kier molecular flexibility index (Phi) is 2.88. The highest BCUT2D eigenvalue weighted by Crippen LogP contribution is 2.12. The van der Waals surface area contributed by atoms with Gasteiger partial charge >= 0.3 is 0 Å². The molecule has 1 aromatic heterocycles. The quantitative estimate of drug-likeness (QED) is 0.696. The predicted octanol–water partition coefficient (Wildman–Crippen LogP) is 1.05. The zero-order valence-corrected chi connectivity index (χ0v) is 8.87. The van der Waals surface area contributed by atoms with Gasteiger partial charge in [0.15, 0.2) is 0 Å². The number of hydrogen-bond donors (Lipinski definition) is 2. The Morgan fingerprint density at radius 2 is 2.44 bits per heavy atom. The van der Waals surface area contributed by atoms with Crippen LogP contribution in [-0.4, -0.2) is 22.4 Å². The Bertz CT molecular complexity index is 574. The summed E-state index contributed by atoms with van der Waals surface area (Å²) in [6.45, 7) is 1.83. The van der Waals surface area contributed by atoms with Gasteiger partial charge in [0.1, 0.15) is 5.52 Å². The second kappa shape index (κ2) is 4.49. The number of nitrogens with zero attached hydrogens (tertiary/aromatic N) is 1. The van der Waals surface area contributed by atoms with E-state index in [0.717, 1.165) is 16.6 Å². The fourth-order valence-corrected chi connectivity index (χ4v) is 1.37. The summed E-state index contributed by atoms with van der Waals surface area (Å²) >= 11 is 0. The van der Waals surface area contributed by atoms with Gasteiger partial charge in [-0.2, -0.15) is 0 Å². The van der Waals surface area contributed by atoms with Crippen molar-refractivity contribution in [2.45, 2.75) is 6.92 Å². The topological polar surface area (TPSA) is 57.8 Å². The molecule has 2 rings (SSSR count). The fraction of sp³-hybridized carbons (Fsp3) is 0.167. The lowest BCUT2D eigenvalue weighted by atomic mass is 10.2.